The van der Waals surface area contributed by atoms with E-state index in [1.165, 1.54) is 7.11 Å². The highest BCUT2D eigenvalue weighted by Gasteiger charge is 2.27. The minimum Gasteiger partial charge on any atom is -0.468 e. The van der Waals surface area contributed by atoms with Gasteiger partial charge >= 0.3 is 5.97 Å². The number of carbonyl (C=O) groups excluding carboxylic acids is 2. The minimum atomic E-state index is -0.643. The van der Waals surface area contributed by atoms with E-state index < -0.39 is 12.0 Å². The molecule has 0 spiro atoms. The Balaban J connectivity index is 1.60. The highest BCUT2D eigenvalue weighted by Crippen LogP contribution is 2.22. The predicted molar refractivity (Wildman–Crippen MR) is 112 cm³/mol. The number of nitrogens with one attached hydrogen (secondary N) is 1. The third-order valence-electron chi connectivity index (χ3n) is 4.90. The Morgan fingerprint density at radius 2 is 1.76 bits per heavy atom. The molecular weight excluding hydrogens is 370 g/mol. The van der Waals surface area contributed by atoms with Crippen molar-refractivity contribution in [2.45, 2.75) is 6.04 Å². The maximum atomic E-state index is 12.5. The lowest BCUT2D eigenvalue weighted by Gasteiger charge is -2.29. The second-order valence-corrected chi connectivity index (χ2v) is 6.95. The molecule has 1 unspecified atom stereocenters. The molecule has 0 aromatic heterocycles. The summed E-state index contributed by atoms with van der Waals surface area (Å²) in [7, 11) is 3.08. The van der Waals surface area contributed by atoms with Crippen LogP contribution in [0, 0.1) is 0 Å². The Morgan fingerprint density at radius 1 is 1.10 bits per heavy atom. The molecule has 154 valence electrons. The van der Waals surface area contributed by atoms with Gasteiger partial charge in [0.15, 0.2) is 0 Å². The maximum Gasteiger partial charge on any atom is 0.327 e. The van der Waals surface area contributed by atoms with Gasteiger partial charge < -0.3 is 19.7 Å². The van der Waals surface area contributed by atoms with Crippen molar-refractivity contribution >= 4 is 23.3 Å². The molecule has 7 nitrogen and oxygen atoms in total. The summed E-state index contributed by atoms with van der Waals surface area (Å²) < 4.78 is 10.3. The lowest BCUT2D eigenvalue weighted by molar-refractivity contribution is -0.147. The van der Waals surface area contributed by atoms with E-state index in [0.717, 1.165) is 43.2 Å². The zero-order valence-corrected chi connectivity index (χ0v) is 16.8. The zero-order chi connectivity index (χ0) is 20.6. The smallest absolute Gasteiger partial charge is 0.327 e. The number of amides is 1. The number of benzene rings is 2. The summed E-state index contributed by atoms with van der Waals surface area (Å²) >= 11 is 0. The predicted octanol–water partition coefficient (Wildman–Crippen LogP) is 2.31. The number of methoxy groups -OCH3 is 1. The molecule has 2 aromatic carbocycles. The van der Waals surface area contributed by atoms with Crippen LogP contribution in [0.3, 0.4) is 0 Å². The minimum absolute atomic E-state index is 0.0554. The fraction of sp³-hybridized carbons (Fsp3) is 0.364. The van der Waals surface area contributed by atoms with E-state index in [1.807, 2.05) is 54.6 Å². The van der Waals surface area contributed by atoms with E-state index in [1.54, 1.807) is 11.9 Å². The first-order chi connectivity index (χ1) is 14.1. The highest BCUT2D eigenvalue weighted by molar-refractivity contribution is 5.93. The van der Waals surface area contributed by atoms with Crippen LogP contribution in [0.1, 0.15) is 11.6 Å². The molecule has 7 heteroatoms. The van der Waals surface area contributed by atoms with Gasteiger partial charge in [-0.25, -0.2) is 4.79 Å². The van der Waals surface area contributed by atoms with Crippen LogP contribution >= 0.6 is 0 Å². The average Bonchev–Trinajstić information content (AvgIpc) is 2.75. The first-order valence-electron chi connectivity index (χ1n) is 9.64. The lowest BCUT2D eigenvalue weighted by atomic mass is 10.1. The summed E-state index contributed by atoms with van der Waals surface area (Å²) in [4.78, 5) is 28.7. The molecular formula is C22H27N3O4. The first kappa shape index (κ1) is 20.8. The van der Waals surface area contributed by atoms with Gasteiger partial charge in [-0.3, -0.25) is 9.69 Å². The van der Waals surface area contributed by atoms with Gasteiger partial charge in [-0.1, -0.05) is 30.3 Å². The van der Waals surface area contributed by atoms with Gasteiger partial charge in [0.05, 0.1) is 26.9 Å². The number of rotatable bonds is 7. The number of hydrogen-bond acceptors (Lipinski definition) is 6. The van der Waals surface area contributed by atoms with Crippen molar-refractivity contribution in [2.24, 2.45) is 0 Å². The van der Waals surface area contributed by atoms with Crippen LogP contribution in [-0.2, 0) is 19.1 Å². The van der Waals surface area contributed by atoms with E-state index in [2.05, 4.69) is 10.2 Å². The fourth-order valence-electron chi connectivity index (χ4n) is 3.41. The van der Waals surface area contributed by atoms with Crippen molar-refractivity contribution in [1.29, 1.82) is 0 Å². The normalized spacial score (nSPS) is 15.1. The van der Waals surface area contributed by atoms with Crippen molar-refractivity contribution in [3.63, 3.8) is 0 Å². The molecule has 2 aromatic rings. The number of likely N-dealkylation sites (N-methyl/N-ethyl adjacent to an activating group) is 1. The number of hydrogen-bond donors (Lipinski definition) is 1. The monoisotopic (exact) mass is 397 g/mol. The van der Waals surface area contributed by atoms with Crippen molar-refractivity contribution < 1.29 is 19.1 Å². The molecule has 1 N–H and O–H groups in total. The topological polar surface area (TPSA) is 71.1 Å². The van der Waals surface area contributed by atoms with Crippen molar-refractivity contribution in [2.75, 3.05) is 57.2 Å². The zero-order valence-electron chi connectivity index (χ0n) is 16.8. The van der Waals surface area contributed by atoms with Crippen LogP contribution in [0.15, 0.2) is 54.6 Å². The van der Waals surface area contributed by atoms with Gasteiger partial charge in [-0.15, -0.1) is 0 Å². The third kappa shape index (κ3) is 5.56. The largest absolute Gasteiger partial charge is 0.468 e. The quantitative estimate of drug-likeness (QED) is 0.723. The van der Waals surface area contributed by atoms with E-state index >= 15 is 0 Å². The number of carbonyl (C=O) groups is 2. The van der Waals surface area contributed by atoms with Gasteiger partial charge in [-0.05, 0) is 36.9 Å². The Kier molecular flexibility index (Phi) is 7.21. The van der Waals surface area contributed by atoms with Gasteiger partial charge in [0.1, 0.15) is 6.04 Å². The number of esters is 1. The average molecular weight is 397 g/mol. The van der Waals surface area contributed by atoms with E-state index in [-0.39, 0.29) is 12.5 Å². The molecule has 1 saturated heterocycles. The standard InChI is InChI=1S/C22H27N3O4/c1-24(21(22(27)28-2)17-6-4-3-5-7-17)16-20(26)23-18-8-10-19(11-9-18)25-12-14-29-15-13-25/h3-11,21H,12-16H2,1-2H3,(H,23,26). The number of nitrogens with zero attached hydrogens (tertiary/aromatic N) is 2. The Hall–Kier alpha value is -2.90. The van der Waals surface area contributed by atoms with Crippen LogP contribution in [0.25, 0.3) is 0 Å². The molecule has 1 fully saturated rings. The Bertz CT molecular complexity index is 805. The van der Waals surface area contributed by atoms with Gasteiger partial charge in [0.25, 0.3) is 0 Å². The molecule has 29 heavy (non-hydrogen) atoms. The van der Waals surface area contributed by atoms with E-state index in [0.29, 0.717) is 0 Å². The molecule has 0 radical (unpaired) electrons. The highest BCUT2D eigenvalue weighted by atomic mass is 16.5. The van der Waals surface area contributed by atoms with Crippen LogP contribution in [0.4, 0.5) is 11.4 Å². The van der Waals surface area contributed by atoms with Crippen LogP contribution in [-0.4, -0.2) is 63.8 Å². The van der Waals surface area contributed by atoms with E-state index in [4.69, 9.17) is 9.47 Å². The van der Waals surface area contributed by atoms with Crippen molar-refractivity contribution in [3.8, 4) is 0 Å². The van der Waals surface area contributed by atoms with Crippen LogP contribution < -0.4 is 10.2 Å². The fourth-order valence-corrected chi connectivity index (χ4v) is 3.41. The van der Waals surface area contributed by atoms with Gasteiger partial charge in [-0.2, -0.15) is 0 Å². The molecule has 1 amide bonds. The Labute approximate surface area is 171 Å². The summed E-state index contributed by atoms with van der Waals surface area (Å²) in [5.74, 6) is -0.599. The van der Waals surface area contributed by atoms with Gasteiger partial charge in [0, 0.05) is 24.5 Å². The van der Waals surface area contributed by atoms with Crippen LogP contribution in [0.2, 0.25) is 0 Å². The summed E-state index contributed by atoms with van der Waals surface area (Å²) in [5.41, 5.74) is 2.61. The second-order valence-electron chi connectivity index (χ2n) is 6.95. The first-order valence-corrected chi connectivity index (χ1v) is 9.64. The van der Waals surface area contributed by atoms with Crippen molar-refractivity contribution in [3.05, 3.63) is 60.2 Å². The molecule has 1 atom stereocenters. The lowest BCUT2D eigenvalue weighted by Crippen LogP contribution is -2.37. The van der Waals surface area contributed by atoms with Gasteiger partial charge in [0.2, 0.25) is 5.91 Å². The summed E-state index contributed by atoms with van der Waals surface area (Å²) in [6, 6.07) is 16.4. The van der Waals surface area contributed by atoms with E-state index in [9.17, 15) is 9.59 Å². The third-order valence-corrected chi connectivity index (χ3v) is 4.90. The van der Waals surface area contributed by atoms with Crippen molar-refractivity contribution in [1.82, 2.24) is 4.90 Å². The summed E-state index contributed by atoms with van der Waals surface area (Å²) in [6.45, 7) is 3.25. The molecule has 0 saturated carbocycles. The molecule has 3 rings (SSSR count). The summed E-state index contributed by atoms with van der Waals surface area (Å²) in [5, 5.41) is 2.89. The maximum absolute atomic E-state index is 12.5. The molecule has 1 heterocycles. The van der Waals surface area contributed by atoms with Crippen LogP contribution in [0.5, 0.6) is 0 Å². The number of anilines is 2. The molecule has 0 bridgehead atoms. The summed E-state index contributed by atoms with van der Waals surface area (Å²) in [6.07, 6.45) is 0. The SMILES string of the molecule is COC(=O)C(c1ccccc1)N(C)CC(=O)Nc1ccc(N2CCOCC2)cc1. The molecule has 0 aliphatic carbocycles. The number of morpholine rings is 1. The molecule has 1 aliphatic rings. The molecule has 1 aliphatic heterocycles. The second kappa shape index (κ2) is 10.0. The number of ether oxygens (including phenoxy) is 2. The Morgan fingerprint density at radius 3 is 2.38 bits per heavy atom.